The Kier molecular flexibility index (Phi) is 2.93. The molecule has 2 rings (SSSR count). The van der Waals surface area contributed by atoms with Gasteiger partial charge in [-0.25, -0.2) is 0 Å². The van der Waals surface area contributed by atoms with Crippen molar-refractivity contribution >= 4 is 45.9 Å². The highest BCUT2D eigenvalue weighted by Crippen LogP contribution is 2.27. The largest absolute Gasteiger partial charge is 0.545 e. The molecule has 0 atom stereocenters. The monoisotopic (exact) mass is 252 g/mol. The number of thiocarbonyl (C=S) groups is 1. The summed E-state index contributed by atoms with van der Waals surface area (Å²) < 4.78 is 0.445. The van der Waals surface area contributed by atoms with Crippen molar-refractivity contribution in [2.75, 3.05) is 10.7 Å². The van der Waals surface area contributed by atoms with Crippen molar-refractivity contribution in [1.82, 2.24) is 0 Å². The molecule has 1 aromatic rings. The number of rotatable bonds is 2. The third kappa shape index (κ3) is 1.94. The Hall–Kier alpha value is -1.40. The van der Waals surface area contributed by atoms with Gasteiger partial charge in [0.1, 0.15) is 4.32 Å². The van der Waals surface area contributed by atoms with Crippen molar-refractivity contribution in [3.63, 3.8) is 0 Å². The zero-order valence-electron chi connectivity index (χ0n) is 8.00. The van der Waals surface area contributed by atoms with Gasteiger partial charge in [-0.05, 0) is 17.7 Å². The van der Waals surface area contributed by atoms with Crippen molar-refractivity contribution in [2.24, 2.45) is 0 Å². The first-order valence-electron chi connectivity index (χ1n) is 4.41. The number of anilines is 1. The molecule has 82 valence electrons. The van der Waals surface area contributed by atoms with Gasteiger partial charge >= 0.3 is 0 Å². The van der Waals surface area contributed by atoms with Crippen LogP contribution in [0, 0.1) is 0 Å². The van der Waals surface area contributed by atoms with Crippen LogP contribution in [0.2, 0.25) is 0 Å². The van der Waals surface area contributed by atoms with Gasteiger partial charge in [-0.15, -0.1) is 0 Å². The smallest absolute Gasteiger partial charge is 0.243 e. The van der Waals surface area contributed by atoms with E-state index < -0.39 is 5.97 Å². The number of carbonyl (C=O) groups is 2. The van der Waals surface area contributed by atoms with Gasteiger partial charge in [0, 0.05) is 0 Å². The lowest BCUT2D eigenvalue weighted by atomic mass is 10.2. The van der Waals surface area contributed by atoms with Crippen LogP contribution in [0.1, 0.15) is 10.4 Å². The molecular formula is C10H6NO3S2-. The number of hydrogen-bond acceptors (Lipinski definition) is 5. The van der Waals surface area contributed by atoms with Crippen LogP contribution in [-0.2, 0) is 4.79 Å². The third-order valence-electron chi connectivity index (χ3n) is 2.09. The predicted octanol–water partition coefficient (Wildman–Crippen LogP) is 0.415. The molecule has 1 saturated heterocycles. The molecule has 1 aromatic carbocycles. The number of carbonyl (C=O) groups excluding carboxylic acids is 2. The maximum absolute atomic E-state index is 11.5. The van der Waals surface area contributed by atoms with Gasteiger partial charge in [0.15, 0.2) is 0 Å². The number of thioether (sulfide) groups is 1. The second kappa shape index (κ2) is 4.23. The van der Waals surface area contributed by atoms with E-state index >= 15 is 0 Å². The van der Waals surface area contributed by atoms with Gasteiger partial charge in [-0.1, -0.05) is 36.1 Å². The van der Waals surface area contributed by atoms with Crippen LogP contribution in [0.3, 0.4) is 0 Å². The van der Waals surface area contributed by atoms with Crippen molar-refractivity contribution in [3.8, 4) is 0 Å². The summed E-state index contributed by atoms with van der Waals surface area (Å²) in [7, 11) is 0. The van der Waals surface area contributed by atoms with E-state index in [0.717, 1.165) is 0 Å². The molecule has 0 saturated carbocycles. The van der Waals surface area contributed by atoms with E-state index in [1.165, 1.54) is 28.8 Å². The molecule has 4 nitrogen and oxygen atoms in total. The summed E-state index contributed by atoms with van der Waals surface area (Å²) >= 11 is 6.28. The van der Waals surface area contributed by atoms with Gasteiger partial charge in [0.2, 0.25) is 5.91 Å². The number of benzene rings is 1. The fraction of sp³-hybridized carbons (Fsp3) is 0.100. The molecule has 0 aliphatic carbocycles. The maximum Gasteiger partial charge on any atom is 0.243 e. The standard InChI is InChI=1S/C10H7NO3S2/c12-8-5-16-10(15)11(8)7-3-1-2-6(4-7)9(13)14/h1-4H,5H2,(H,13,14)/p-1. The lowest BCUT2D eigenvalue weighted by Crippen LogP contribution is -2.29. The molecule has 0 bridgehead atoms. The molecule has 1 aliphatic heterocycles. The van der Waals surface area contributed by atoms with Crippen molar-refractivity contribution in [2.45, 2.75) is 0 Å². The van der Waals surface area contributed by atoms with Crippen LogP contribution in [0.15, 0.2) is 24.3 Å². The molecule has 1 aliphatic rings. The summed E-state index contributed by atoms with van der Waals surface area (Å²) in [4.78, 5) is 23.5. The first kappa shape index (κ1) is 11.1. The minimum atomic E-state index is -1.27. The Balaban J connectivity index is 2.40. The SMILES string of the molecule is O=C([O-])c1cccc(N2C(=O)CSC2=S)c1. The third-order valence-corrected chi connectivity index (χ3v) is 3.45. The lowest BCUT2D eigenvalue weighted by molar-refractivity contribution is -0.255. The van der Waals surface area contributed by atoms with Gasteiger partial charge in [-0.2, -0.15) is 0 Å². The second-order valence-corrected chi connectivity index (χ2v) is 4.73. The first-order chi connectivity index (χ1) is 7.59. The Morgan fingerprint density at radius 3 is 2.81 bits per heavy atom. The average Bonchev–Trinajstić information content (AvgIpc) is 2.59. The Morgan fingerprint density at radius 2 is 2.25 bits per heavy atom. The topological polar surface area (TPSA) is 60.4 Å². The Bertz CT molecular complexity index is 471. The molecule has 0 unspecified atom stereocenters. The van der Waals surface area contributed by atoms with E-state index in [1.807, 2.05) is 0 Å². The highest BCUT2D eigenvalue weighted by atomic mass is 32.2. The van der Waals surface area contributed by atoms with E-state index in [9.17, 15) is 14.7 Å². The van der Waals surface area contributed by atoms with E-state index in [2.05, 4.69) is 0 Å². The normalized spacial score (nSPS) is 15.6. The van der Waals surface area contributed by atoms with E-state index in [0.29, 0.717) is 15.8 Å². The second-order valence-electron chi connectivity index (χ2n) is 3.12. The summed E-state index contributed by atoms with van der Waals surface area (Å²) in [5.74, 6) is -1.11. The number of carboxylic acids is 1. The van der Waals surface area contributed by atoms with Gasteiger partial charge in [0.05, 0.1) is 17.4 Å². The minimum absolute atomic E-state index is 0.0324. The lowest BCUT2D eigenvalue weighted by Gasteiger charge is -2.16. The fourth-order valence-corrected chi connectivity index (χ4v) is 2.47. The summed E-state index contributed by atoms with van der Waals surface area (Å²) in [5.41, 5.74) is 0.506. The number of aromatic carboxylic acids is 1. The molecule has 0 N–H and O–H groups in total. The van der Waals surface area contributed by atoms with Crippen LogP contribution >= 0.6 is 24.0 Å². The number of amides is 1. The fourth-order valence-electron chi connectivity index (χ4n) is 1.38. The zero-order valence-corrected chi connectivity index (χ0v) is 9.64. The molecule has 0 spiro atoms. The Labute approximate surface area is 101 Å². The summed E-state index contributed by atoms with van der Waals surface area (Å²) in [6.45, 7) is 0. The van der Waals surface area contributed by atoms with Crippen molar-refractivity contribution in [3.05, 3.63) is 29.8 Å². The van der Waals surface area contributed by atoms with Crippen LogP contribution in [0.4, 0.5) is 5.69 Å². The molecule has 1 amide bonds. The van der Waals surface area contributed by atoms with Gasteiger partial charge in [-0.3, -0.25) is 9.69 Å². The van der Waals surface area contributed by atoms with Gasteiger partial charge < -0.3 is 9.90 Å². The number of hydrogen-bond donors (Lipinski definition) is 0. The summed E-state index contributed by atoms with van der Waals surface area (Å²) in [6, 6.07) is 5.99. The maximum atomic E-state index is 11.5. The molecule has 16 heavy (non-hydrogen) atoms. The van der Waals surface area contributed by atoms with Gasteiger partial charge in [0.25, 0.3) is 0 Å². The zero-order chi connectivity index (χ0) is 11.7. The van der Waals surface area contributed by atoms with Crippen LogP contribution in [0.5, 0.6) is 0 Å². The molecular weight excluding hydrogens is 246 g/mol. The molecule has 0 radical (unpaired) electrons. The number of carboxylic acid groups (broad SMARTS) is 1. The van der Waals surface area contributed by atoms with Crippen LogP contribution in [0.25, 0.3) is 0 Å². The Morgan fingerprint density at radius 1 is 1.50 bits per heavy atom. The highest BCUT2D eigenvalue weighted by Gasteiger charge is 2.27. The predicted molar refractivity (Wildman–Crippen MR) is 63.3 cm³/mol. The van der Waals surface area contributed by atoms with Crippen LogP contribution in [-0.4, -0.2) is 21.9 Å². The van der Waals surface area contributed by atoms with Crippen molar-refractivity contribution < 1.29 is 14.7 Å². The van der Waals surface area contributed by atoms with E-state index in [-0.39, 0.29) is 11.5 Å². The highest BCUT2D eigenvalue weighted by molar-refractivity contribution is 8.24. The summed E-state index contributed by atoms with van der Waals surface area (Å²) in [6.07, 6.45) is 0. The minimum Gasteiger partial charge on any atom is -0.545 e. The average molecular weight is 252 g/mol. The molecule has 1 fully saturated rings. The first-order valence-corrected chi connectivity index (χ1v) is 5.80. The van der Waals surface area contributed by atoms with E-state index in [1.54, 1.807) is 12.1 Å². The van der Waals surface area contributed by atoms with Crippen molar-refractivity contribution in [1.29, 1.82) is 0 Å². The summed E-state index contributed by atoms with van der Waals surface area (Å²) in [5, 5.41) is 10.7. The molecule has 6 heteroatoms. The quantitative estimate of drug-likeness (QED) is 0.714. The molecule has 1 heterocycles. The number of nitrogens with zero attached hydrogens (tertiary/aromatic N) is 1. The molecule has 0 aromatic heterocycles. The van der Waals surface area contributed by atoms with E-state index in [4.69, 9.17) is 12.2 Å². The van der Waals surface area contributed by atoms with Crippen LogP contribution < -0.4 is 10.0 Å².